The fourth-order valence-electron chi connectivity index (χ4n) is 1.53. The Balaban J connectivity index is 4.04. The third kappa shape index (κ3) is 7.77. The van der Waals surface area contributed by atoms with Gasteiger partial charge in [0.15, 0.2) is 0 Å². The molecule has 1 atom stereocenters. The van der Waals surface area contributed by atoms with Crippen molar-refractivity contribution in [1.29, 1.82) is 0 Å². The van der Waals surface area contributed by atoms with Crippen LogP contribution >= 0.6 is 0 Å². The van der Waals surface area contributed by atoms with Gasteiger partial charge in [0.05, 0.1) is 5.60 Å². The van der Waals surface area contributed by atoms with E-state index in [9.17, 15) is 0 Å². The van der Waals surface area contributed by atoms with Gasteiger partial charge in [-0.2, -0.15) is 0 Å². The lowest BCUT2D eigenvalue weighted by Crippen LogP contribution is -2.41. The minimum Gasteiger partial charge on any atom is -0.379 e. The van der Waals surface area contributed by atoms with E-state index in [1.54, 1.807) is 7.11 Å². The topological polar surface area (TPSA) is 47.3 Å². The highest BCUT2D eigenvalue weighted by Crippen LogP contribution is 2.24. The molecule has 0 aromatic rings. The number of hydrazine groups is 1. The molecule has 1 unspecified atom stereocenters. The first kappa shape index (κ1) is 14.9. The zero-order valence-electron chi connectivity index (χ0n) is 11.2. The van der Waals surface area contributed by atoms with Gasteiger partial charge in [-0.1, -0.05) is 20.8 Å². The Labute approximate surface area is 94.7 Å². The van der Waals surface area contributed by atoms with Crippen molar-refractivity contribution in [3.63, 3.8) is 0 Å². The molecule has 3 nitrogen and oxygen atoms in total. The molecule has 0 aliphatic rings. The van der Waals surface area contributed by atoms with Gasteiger partial charge in [0.1, 0.15) is 0 Å². The summed E-state index contributed by atoms with van der Waals surface area (Å²) in [6.07, 6.45) is 3.20. The molecular weight excluding hydrogens is 188 g/mol. The summed E-state index contributed by atoms with van der Waals surface area (Å²) in [5.41, 5.74) is 3.15. The lowest BCUT2D eigenvalue weighted by molar-refractivity contribution is 0.00549. The molecule has 0 aliphatic heterocycles. The number of nitrogens with two attached hydrogens (primary N) is 1. The fraction of sp³-hybridized carbons (Fsp3) is 1.00. The van der Waals surface area contributed by atoms with Gasteiger partial charge in [-0.3, -0.25) is 11.3 Å². The standard InChI is InChI=1S/C12H28N2O/c1-11(2,3)8-7-10(14-13)9-12(4,5)15-6/h10,14H,7-9,13H2,1-6H3. The van der Waals surface area contributed by atoms with Crippen molar-refractivity contribution >= 4 is 0 Å². The molecule has 3 heteroatoms. The Morgan fingerprint density at radius 2 is 1.73 bits per heavy atom. The number of hydrogen-bond acceptors (Lipinski definition) is 3. The minimum absolute atomic E-state index is 0.102. The van der Waals surface area contributed by atoms with Gasteiger partial charge >= 0.3 is 0 Å². The van der Waals surface area contributed by atoms with Crippen molar-refractivity contribution in [1.82, 2.24) is 5.43 Å². The summed E-state index contributed by atoms with van der Waals surface area (Å²) in [7, 11) is 1.75. The Hall–Kier alpha value is -0.120. The fourth-order valence-corrected chi connectivity index (χ4v) is 1.53. The molecule has 0 aromatic carbocycles. The van der Waals surface area contributed by atoms with Crippen LogP contribution in [-0.2, 0) is 4.74 Å². The van der Waals surface area contributed by atoms with Crippen LogP contribution in [0.2, 0.25) is 0 Å². The van der Waals surface area contributed by atoms with Crippen LogP contribution in [0.5, 0.6) is 0 Å². The molecule has 0 saturated heterocycles. The van der Waals surface area contributed by atoms with Crippen LogP contribution < -0.4 is 11.3 Å². The summed E-state index contributed by atoms with van der Waals surface area (Å²) in [6.45, 7) is 10.9. The zero-order valence-corrected chi connectivity index (χ0v) is 11.2. The molecule has 0 aliphatic carbocycles. The average Bonchev–Trinajstić information content (AvgIpc) is 2.11. The summed E-state index contributed by atoms with van der Waals surface area (Å²) in [5.74, 6) is 5.56. The first-order valence-electron chi connectivity index (χ1n) is 5.71. The van der Waals surface area contributed by atoms with Crippen LogP contribution in [0, 0.1) is 5.41 Å². The van der Waals surface area contributed by atoms with Gasteiger partial charge in [0.2, 0.25) is 0 Å². The average molecular weight is 216 g/mol. The van der Waals surface area contributed by atoms with E-state index in [2.05, 4.69) is 40.0 Å². The largest absolute Gasteiger partial charge is 0.379 e. The van der Waals surface area contributed by atoms with Crippen molar-refractivity contribution in [3.05, 3.63) is 0 Å². The van der Waals surface area contributed by atoms with Crippen LogP contribution in [0.1, 0.15) is 53.9 Å². The van der Waals surface area contributed by atoms with Gasteiger partial charge in [-0.15, -0.1) is 0 Å². The number of hydrogen-bond donors (Lipinski definition) is 2. The van der Waals surface area contributed by atoms with Crippen LogP contribution in [-0.4, -0.2) is 18.8 Å². The summed E-state index contributed by atoms with van der Waals surface area (Å²) in [4.78, 5) is 0. The van der Waals surface area contributed by atoms with E-state index < -0.39 is 0 Å². The summed E-state index contributed by atoms with van der Waals surface area (Å²) < 4.78 is 5.41. The van der Waals surface area contributed by atoms with Gasteiger partial charge in [-0.05, 0) is 38.5 Å². The lowest BCUT2D eigenvalue weighted by Gasteiger charge is -2.30. The summed E-state index contributed by atoms with van der Waals surface area (Å²) >= 11 is 0. The highest BCUT2D eigenvalue weighted by Gasteiger charge is 2.23. The maximum atomic E-state index is 5.56. The van der Waals surface area contributed by atoms with E-state index in [-0.39, 0.29) is 5.60 Å². The maximum Gasteiger partial charge on any atom is 0.0638 e. The molecule has 0 radical (unpaired) electrons. The molecule has 92 valence electrons. The van der Waals surface area contributed by atoms with E-state index in [1.807, 2.05) is 0 Å². The molecular formula is C12H28N2O. The second-order valence-corrected chi connectivity index (χ2v) is 6.13. The van der Waals surface area contributed by atoms with Crippen LogP contribution in [0.15, 0.2) is 0 Å². The number of ether oxygens (including phenoxy) is 1. The summed E-state index contributed by atoms with van der Waals surface area (Å²) in [6, 6.07) is 0.333. The van der Waals surface area contributed by atoms with Gasteiger partial charge < -0.3 is 4.74 Å². The summed E-state index contributed by atoms with van der Waals surface area (Å²) in [5, 5.41) is 0. The van der Waals surface area contributed by atoms with E-state index in [4.69, 9.17) is 10.6 Å². The predicted octanol–water partition coefficient (Wildman–Crippen LogP) is 2.46. The van der Waals surface area contributed by atoms with Crippen LogP contribution in [0.4, 0.5) is 0 Å². The molecule has 3 N–H and O–H groups in total. The Morgan fingerprint density at radius 1 is 1.20 bits per heavy atom. The number of rotatable bonds is 6. The van der Waals surface area contributed by atoms with Crippen LogP contribution in [0.25, 0.3) is 0 Å². The number of nitrogens with one attached hydrogen (secondary N) is 1. The Kier molecular flexibility index (Phi) is 5.78. The second-order valence-electron chi connectivity index (χ2n) is 6.13. The molecule has 0 heterocycles. The third-order valence-electron chi connectivity index (χ3n) is 2.77. The van der Waals surface area contributed by atoms with Crippen molar-refractivity contribution in [2.75, 3.05) is 7.11 Å². The number of methoxy groups -OCH3 is 1. The highest BCUT2D eigenvalue weighted by atomic mass is 16.5. The normalized spacial score (nSPS) is 15.4. The van der Waals surface area contributed by atoms with Crippen molar-refractivity contribution in [3.8, 4) is 0 Å². The molecule has 0 fully saturated rings. The van der Waals surface area contributed by atoms with E-state index in [0.717, 1.165) is 12.8 Å². The monoisotopic (exact) mass is 216 g/mol. The molecule has 0 spiro atoms. The van der Waals surface area contributed by atoms with Crippen molar-refractivity contribution in [2.45, 2.75) is 65.5 Å². The SMILES string of the molecule is COC(C)(C)CC(CCC(C)(C)C)NN. The molecule has 0 aromatic heterocycles. The molecule has 0 bridgehead atoms. The van der Waals surface area contributed by atoms with E-state index in [1.165, 1.54) is 6.42 Å². The van der Waals surface area contributed by atoms with Gasteiger partial charge in [-0.25, -0.2) is 0 Å². The zero-order chi connectivity index (χ0) is 12.1. The molecule has 0 rings (SSSR count). The van der Waals surface area contributed by atoms with Crippen LogP contribution in [0.3, 0.4) is 0 Å². The maximum absolute atomic E-state index is 5.56. The highest BCUT2D eigenvalue weighted by molar-refractivity contribution is 4.78. The third-order valence-corrected chi connectivity index (χ3v) is 2.77. The van der Waals surface area contributed by atoms with Crippen molar-refractivity contribution < 1.29 is 4.74 Å². The first-order valence-corrected chi connectivity index (χ1v) is 5.71. The molecule has 0 saturated carbocycles. The van der Waals surface area contributed by atoms with Crippen molar-refractivity contribution in [2.24, 2.45) is 11.3 Å². The van der Waals surface area contributed by atoms with E-state index in [0.29, 0.717) is 11.5 Å². The minimum atomic E-state index is -0.102. The Morgan fingerprint density at radius 3 is 2.07 bits per heavy atom. The quantitative estimate of drug-likeness (QED) is 0.529. The molecule has 15 heavy (non-hydrogen) atoms. The predicted molar refractivity (Wildman–Crippen MR) is 65.5 cm³/mol. The van der Waals surface area contributed by atoms with Gasteiger partial charge in [0.25, 0.3) is 0 Å². The molecule has 0 amide bonds. The first-order chi connectivity index (χ1) is 6.70. The van der Waals surface area contributed by atoms with E-state index >= 15 is 0 Å². The Bertz CT molecular complexity index is 173. The smallest absolute Gasteiger partial charge is 0.0638 e. The lowest BCUT2D eigenvalue weighted by atomic mass is 9.86. The van der Waals surface area contributed by atoms with Gasteiger partial charge in [0, 0.05) is 13.2 Å². The second kappa shape index (κ2) is 5.83.